The lowest BCUT2D eigenvalue weighted by atomic mass is 9.97. The summed E-state index contributed by atoms with van der Waals surface area (Å²) in [6.07, 6.45) is 10.4. The monoisotopic (exact) mass is 482 g/mol. The molecule has 4 aliphatic rings. The quantitative estimate of drug-likeness (QED) is 0.560. The van der Waals surface area contributed by atoms with Gasteiger partial charge in [0, 0.05) is 79.2 Å². The van der Waals surface area contributed by atoms with Crippen molar-refractivity contribution in [1.82, 2.24) is 19.9 Å². The molecule has 2 saturated heterocycles. The summed E-state index contributed by atoms with van der Waals surface area (Å²) in [7, 11) is 0. The van der Waals surface area contributed by atoms with E-state index in [0.717, 1.165) is 42.1 Å². The Hall–Kier alpha value is -3.52. The number of nitrogens with zero attached hydrogens (tertiary/aromatic N) is 6. The van der Waals surface area contributed by atoms with Crippen LogP contribution in [0.1, 0.15) is 41.6 Å². The summed E-state index contributed by atoms with van der Waals surface area (Å²) < 4.78 is 5.42. The van der Waals surface area contributed by atoms with Crippen molar-refractivity contribution in [3.63, 3.8) is 0 Å². The topological polar surface area (TPSA) is 74.7 Å². The standard InChI is InChI=1S/C28H30N6O2/c35-26(33-11-13-36-14-12-33)20-3-4-23-25(15-20)34(19-28(23)6-7-28)27-30-17-21(18-31-27)24-16-22(5-8-29-24)32-9-1-2-10-32/h3-5,8,15-18H,1-2,6-7,9-14,19H2. The number of hydrogen-bond donors (Lipinski definition) is 0. The molecule has 3 fully saturated rings. The number of hydrogen-bond acceptors (Lipinski definition) is 7. The zero-order valence-electron chi connectivity index (χ0n) is 20.4. The predicted molar refractivity (Wildman–Crippen MR) is 138 cm³/mol. The van der Waals surface area contributed by atoms with Crippen LogP contribution in [0.4, 0.5) is 17.3 Å². The molecule has 0 N–H and O–H groups in total. The molecule has 0 radical (unpaired) electrons. The van der Waals surface area contributed by atoms with Crippen LogP contribution in [0.5, 0.6) is 0 Å². The minimum absolute atomic E-state index is 0.0676. The number of benzene rings is 1. The van der Waals surface area contributed by atoms with Crippen LogP contribution < -0.4 is 9.80 Å². The Kier molecular flexibility index (Phi) is 5.16. The molecule has 1 amide bonds. The fraction of sp³-hybridized carbons (Fsp3) is 0.429. The lowest BCUT2D eigenvalue weighted by Gasteiger charge is -2.27. The zero-order valence-corrected chi connectivity index (χ0v) is 20.4. The Morgan fingerprint density at radius 3 is 2.44 bits per heavy atom. The molecule has 7 rings (SSSR count). The number of carbonyl (C=O) groups excluding carboxylic acids is 1. The molecule has 36 heavy (non-hydrogen) atoms. The number of anilines is 3. The van der Waals surface area contributed by atoms with Crippen molar-refractivity contribution in [3.8, 4) is 11.3 Å². The summed E-state index contributed by atoms with van der Waals surface area (Å²) in [5.74, 6) is 0.744. The molecule has 184 valence electrons. The number of carbonyl (C=O) groups is 1. The number of aromatic nitrogens is 3. The highest BCUT2D eigenvalue weighted by Gasteiger charge is 2.52. The summed E-state index contributed by atoms with van der Waals surface area (Å²) in [6.45, 7) is 5.54. The molecule has 8 nitrogen and oxygen atoms in total. The van der Waals surface area contributed by atoms with Gasteiger partial charge in [0.15, 0.2) is 0 Å². The molecule has 0 unspecified atom stereocenters. The summed E-state index contributed by atoms with van der Waals surface area (Å²) in [4.78, 5) is 33.8. The van der Waals surface area contributed by atoms with Gasteiger partial charge in [0.1, 0.15) is 0 Å². The Morgan fingerprint density at radius 2 is 1.69 bits per heavy atom. The first-order valence-electron chi connectivity index (χ1n) is 13.0. The van der Waals surface area contributed by atoms with Crippen LogP contribution in [0.3, 0.4) is 0 Å². The molecule has 0 atom stereocenters. The van der Waals surface area contributed by atoms with Gasteiger partial charge >= 0.3 is 0 Å². The second kappa shape index (κ2) is 8.55. The van der Waals surface area contributed by atoms with Gasteiger partial charge in [-0.05, 0) is 55.5 Å². The largest absolute Gasteiger partial charge is 0.378 e. The van der Waals surface area contributed by atoms with Crippen molar-refractivity contribution in [3.05, 3.63) is 60.0 Å². The molecule has 3 aliphatic heterocycles. The maximum atomic E-state index is 13.2. The van der Waals surface area contributed by atoms with E-state index in [1.807, 2.05) is 35.6 Å². The van der Waals surface area contributed by atoms with Crippen molar-refractivity contribution >= 4 is 23.2 Å². The van der Waals surface area contributed by atoms with Crippen molar-refractivity contribution < 1.29 is 9.53 Å². The number of pyridine rings is 1. The van der Waals surface area contributed by atoms with Gasteiger partial charge in [0.2, 0.25) is 5.95 Å². The lowest BCUT2D eigenvalue weighted by Crippen LogP contribution is -2.40. The molecular weight excluding hydrogens is 452 g/mol. The second-order valence-electron chi connectivity index (χ2n) is 10.4. The summed E-state index contributed by atoms with van der Waals surface area (Å²) in [6, 6.07) is 10.4. The summed E-state index contributed by atoms with van der Waals surface area (Å²) >= 11 is 0. The van der Waals surface area contributed by atoms with Gasteiger partial charge < -0.3 is 19.4 Å². The van der Waals surface area contributed by atoms with Gasteiger partial charge in [-0.3, -0.25) is 9.78 Å². The normalized spacial score (nSPS) is 20.2. The predicted octanol–water partition coefficient (Wildman–Crippen LogP) is 3.79. The van der Waals surface area contributed by atoms with Gasteiger partial charge in [-0.2, -0.15) is 0 Å². The third kappa shape index (κ3) is 3.71. The fourth-order valence-corrected chi connectivity index (χ4v) is 5.86. The molecule has 8 heteroatoms. The Morgan fingerprint density at radius 1 is 0.917 bits per heavy atom. The maximum Gasteiger partial charge on any atom is 0.254 e. The van der Waals surface area contributed by atoms with Crippen LogP contribution in [0.2, 0.25) is 0 Å². The molecule has 3 aromatic rings. The van der Waals surface area contributed by atoms with Gasteiger partial charge in [-0.1, -0.05) is 6.07 Å². The molecule has 1 aromatic carbocycles. The third-order valence-corrected chi connectivity index (χ3v) is 8.11. The molecule has 5 heterocycles. The maximum absolute atomic E-state index is 13.2. The van der Waals surface area contributed by atoms with Crippen LogP contribution in [0.25, 0.3) is 11.3 Å². The van der Waals surface area contributed by atoms with E-state index < -0.39 is 0 Å². The number of morpholine rings is 1. The van der Waals surface area contributed by atoms with E-state index in [9.17, 15) is 4.79 Å². The first-order chi connectivity index (χ1) is 17.7. The Labute approximate surface area is 210 Å². The summed E-state index contributed by atoms with van der Waals surface area (Å²) in [5, 5.41) is 0. The number of fused-ring (bicyclic) bond motifs is 2. The highest BCUT2D eigenvalue weighted by molar-refractivity contribution is 5.96. The highest BCUT2D eigenvalue weighted by Crippen LogP contribution is 2.57. The molecule has 1 saturated carbocycles. The SMILES string of the molecule is O=C(c1ccc2c(c1)N(c1ncc(-c3cc(N4CCCC4)ccn3)cn1)CC21CC1)N1CCOCC1. The van der Waals surface area contributed by atoms with E-state index in [4.69, 9.17) is 14.7 Å². The molecule has 2 aromatic heterocycles. The molecule has 0 bridgehead atoms. The van der Waals surface area contributed by atoms with Crippen LogP contribution in [-0.4, -0.2) is 71.7 Å². The van der Waals surface area contributed by atoms with Gasteiger partial charge in [-0.25, -0.2) is 9.97 Å². The van der Waals surface area contributed by atoms with Crippen LogP contribution in [0, 0.1) is 0 Å². The van der Waals surface area contributed by atoms with Crippen LogP contribution >= 0.6 is 0 Å². The Bertz CT molecular complexity index is 1290. The van der Waals surface area contributed by atoms with E-state index in [0.29, 0.717) is 32.3 Å². The van der Waals surface area contributed by atoms with Crippen molar-refractivity contribution in [2.24, 2.45) is 0 Å². The van der Waals surface area contributed by atoms with Gasteiger partial charge in [0.25, 0.3) is 5.91 Å². The summed E-state index contributed by atoms with van der Waals surface area (Å²) in [5.41, 5.74) is 6.29. The lowest BCUT2D eigenvalue weighted by molar-refractivity contribution is 0.0303. The van der Waals surface area contributed by atoms with E-state index in [1.165, 1.54) is 36.9 Å². The minimum Gasteiger partial charge on any atom is -0.378 e. The molecular formula is C28H30N6O2. The average Bonchev–Trinajstić information content (AvgIpc) is 3.37. The van der Waals surface area contributed by atoms with E-state index >= 15 is 0 Å². The van der Waals surface area contributed by atoms with Crippen LogP contribution in [0.15, 0.2) is 48.9 Å². The van der Waals surface area contributed by atoms with Crippen LogP contribution in [-0.2, 0) is 10.2 Å². The smallest absolute Gasteiger partial charge is 0.254 e. The van der Waals surface area contributed by atoms with Crippen molar-refractivity contribution in [2.75, 3.05) is 55.7 Å². The molecule has 1 spiro atoms. The first kappa shape index (κ1) is 21.7. The Balaban J connectivity index is 1.17. The van der Waals surface area contributed by atoms with E-state index in [1.54, 1.807) is 0 Å². The second-order valence-corrected chi connectivity index (χ2v) is 10.4. The third-order valence-electron chi connectivity index (χ3n) is 8.11. The molecule has 1 aliphatic carbocycles. The fourth-order valence-electron chi connectivity index (χ4n) is 5.86. The zero-order chi connectivity index (χ0) is 24.1. The average molecular weight is 483 g/mol. The number of ether oxygens (including phenoxy) is 1. The number of amides is 1. The van der Waals surface area contributed by atoms with Crippen molar-refractivity contribution in [1.29, 1.82) is 0 Å². The highest BCUT2D eigenvalue weighted by atomic mass is 16.5. The van der Waals surface area contributed by atoms with Crippen molar-refractivity contribution in [2.45, 2.75) is 31.1 Å². The van der Waals surface area contributed by atoms with E-state index in [-0.39, 0.29) is 11.3 Å². The first-order valence-corrected chi connectivity index (χ1v) is 13.0. The van der Waals surface area contributed by atoms with Gasteiger partial charge in [0.05, 0.1) is 18.9 Å². The minimum atomic E-state index is 0.0676. The number of rotatable bonds is 4. The van der Waals surface area contributed by atoms with E-state index in [2.05, 4.69) is 33.0 Å². The van der Waals surface area contributed by atoms with Gasteiger partial charge in [-0.15, -0.1) is 0 Å².